The van der Waals surface area contributed by atoms with Crippen molar-refractivity contribution in [3.05, 3.63) is 16.9 Å². The second kappa shape index (κ2) is 4.11. The summed E-state index contributed by atoms with van der Waals surface area (Å²) in [5, 5.41) is 14.1. The molecule has 2 atom stereocenters. The Kier molecular flexibility index (Phi) is 3.33. The van der Waals surface area contributed by atoms with E-state index < -0.39 is 0 Å². The van der Waals surface area contributed by atoms with Crippen LogP contribution >= 0.6 is 11.6 Å². The molecule has 0 spiro atoms. The predicted octanol–water partition coefficient (Wildman–Crippen LogP) is 1.63. The third-order valence-corrected chi connectivity index (χ3v) is 2.58. The number of hydrogen-bond donors (Lipinski definition) is 1. The molecule has 0 aliphatic heterocycles. The molecule has 0 amide bonds. The van der Waals surface area contributed by atoms with E-state index >= 15 is 0 Å². The maximum Gasteiger partial charge on any atom is 0.126 e. The Morgan fingerprint density at radius 2 is 2.23 bits per heavy atom. The van der Waals surface area contributed by atoms with E-state index in [0.29, 0.717) is 5.15 Å². The molecular formula is C9H15ClN2O. The van der Waals surface area contributed by atoms with Gasteiger partial charge in [-0.1, -0.05) is 18.5 Å². The zero-order chi connectivity index (χ0) is 10.0. The van der Waals surface area contributed by atoms with Crippen LogP contribution in [0.4, 0.5) is 0 Å². The minimum absolute atomic E-state index is 0.214. The lowest BCUT2D eigenvalue weighted by atomic mass is 10.0. The molecule has 0 saturated heterocycles. The molecule has 0 bridgehead atoms. The summed E-state index contributed by atoms with van der Waals surface area (Å²) in [5.41, 5.74) is 0.931. The highest BCUT2D eigenvalue weighted by molar-refractivity contribution is 6.29. The molecule has 1 N–H and O–H groups in total. The van der Waals surface area contributed by atoms with Gasteiger partial charge in [-0.05, 0) is 25.3 Å². The molecule has 1 aromatic heterocycles. The van der Waals surface area contributed by atoms with Crippen molar-refractivity contribution < 1.29 is 5.11 Å². The van der Waals surface area contributed by atoms with Crippen LogP contribution in [0.3, 0.4) is 0 Å². The van der Waals surface area contributed by atoms with Crippen LogP contribution in [-0.2, 0) is 13.5 Å². The fraction of sp³-hybridized carbons (Fsp3) is 0.667. The van der Waals surface area contributed by atoms with Gasteiger partial charge in [0.25, 0.3) is 0 Å². The SMILES string of the molecule is CC(O)C(C)Cc1cc(Cl)n(C)n1. The van der Waals surface area contributed by atoms with Gasteiger partial charge in [-0.3, -0.25) is 4.68 Å². The van der Waals surface area contributed by atoms with Gasteiger partial charge in [0, 0.05) is 7.05 Å². The summed E-state index contributed by atoms with van der Waals surface area (Å²) in [6, 6.07) is 1.83. The number of nitrogens with zero attached hydrogens (tertiary/aromatic N) is 2. The van der Waals surface area contributed by atoms with Crippen molar-refractivity contribution in [1.82, 2.24) is 9.78 Å². The number of rotatable bonds is 3. The maximum atomic E-state index is 9.29. The van der Waals surface area contributed by atoms with Crippen molar-refractivity contribution in [2.75, 3.05) is 0 Å². The Bertz CT molecular complexity index is 264. The summed E-state index contributed by atoms with van der Waals surface area (Å²) in [4.78, 5) is 0. The molecule has 3 nitrogen and oxygen atoms in total. The van der Waals surface area contributed by atoms with Gasteiger partial charge in [-0.2, -0.15) is 5.10 Å². The Morgan fingerprint density at radius 1 is 1.62 bits per heavy atom. The van der Waals surface area contributed by atoms with E-state index in [4.69, 9.17) is 11.6 Å². The van der Waals surface area contributed by atoms with E-state index in [9.17, 15) is 5.11 Å². The van der Waals surface area contributed by atoms with E-state index in [1.54, 1.807) is 18.7 Å². The van der Waals surface area contributed by atoms with Crippen LogP contribution in [0.1, 0.15) is 19.5 Å². The molecule has 74 valence electrons. The standard InChI is InChI=1S/C9H15ClN2O/c1-6(7(2)13)4-8-5-9(10)12(3)11-8/h5-7,13H,4H2,1-3H3. The lowest BCUT2D eigenvalue weighted by Gasteiger charge is -2.11. The smallest absolute Gasteiger partial charge is 0.126 e. The lowest BCUT2D eigenvalue weighted by Crippen LogP contribution is -2.15. The number of hydrogen-bond acceptors (Lipinski definition) is 2. The zero-order valence-electron chi connectivity index (χ0n) is 8.16. The Labute approximate surface area is 83.3 Å². The maximum absolute atomic E-state index is 9.29. The van der Waals surface area contributed by atoms with E-state index in [1.807, 2.05) is 13.0 Å². The molecule has 13 heavy (non-hydrogen) atoms. The fourth-order valence-corrected chi connectivity index (χ4v) is 1.26. The Hall–Kier alpha value is -0.540. The minimum atomic E-state index is -0.305. The summed E-state index contributed by atoms with van der Waals surface area (Å²) in [6.45, 7) is 3.78. The Morgan fingerprint density at radius 3 is 2.62 bits per heavy atom. The molecule has 0 aromatic carbocycles. The van der Waals surface area contributed by atoms with Crippen LogP contribution in [-0.4, -0.2) is 21.0 Å². The van der Waals surface area contributed by atoms with Crippen molar-refractivity contribution in [3.8, 4) is 0 Å². The zero-order valence-corrected chi connectivity index (χ0v) is 8.91. The van der Waals surface area contributed by atoms with Gasteiger partial charge >= 0.3 is 0 Å². The fourth-order valence-electron chi connectivity index (χ4n) is 1.10. The predicted molar refractivity (Wildman–Crippen MR) is 52.8 cm³/mol. The van der Waals surface area contributed by atoms with E-state index in [1.165, 1.54) is 0 Å². The van der Waals surface area contributed by atoms with Crippen molar-refractivity contribution in [1.29, 1.82) is 0 Å². The first-order chi connectivity index (χ1) is 6.00. The normalized spacial score (nSPS) is 15.8. The van der Waals surface area contributed by atoms with Gasteiger partial charge in [-0.25, -0.2) is 0 Å². The van der Waals surface area contributed by atoms with Crippen molar-refractivity contribution in [2.45, 2.75) is 26.4 Å². The third kappa shape index (κ3) is 2.71. The molecule has 0 aliphatic carbocycles. The average molecular weight is 203 g/mol. The number of aromatic nitrogens is 2. The molecule has 1 aromatic rings. The number of aryl methyl sites for hydroxylation is 1. The molecule has 0 fully saturated rings. The molecule has 4 heteroatoms. The average Bonchev–Trinajstić information content (AvgIpc) is 2.31. The van der Waals surface area contributed by atoms with Crippen LogP contribution < -0.4 is 0 Å². The molecule has 0 aliphatic rings. The summed E-state index contributed by atoms with van der Waals surface area (Å²) >= 11 is 5.83. The first-order valence-corrected chi connectivity index (χ1v) is 4.75. The second-order valence-electron chi connectivity index (χ2n) is 3.50. The summed E-state index contributed by atoms with van der Waals surface area (Å²) in [5.74, 6) is 0.214. The van der Waals surface area contributed by atoms with Crippen molar-refractivity contribution >= 4 is 11.6 Å². The number of halogens is 1. The van der Waals surface area contributed by atoms with Crippen LogP contribution in [0.15, 0.2) is 6.07 Å². The number of aliphatic hydroxyl groups is 1. The second-order valence-corrected chi connectivity index (χ2v) is 3.89. The van der Waals surface area contributed by atoms with Gasteiger partial charge in [0.15, 0.2) is 0 Å². The number of aliphatic hydroxyl groups excluding tert-OH is 1. The summed E-state index contributed by atoms with van der Waals surface area (Å²) < 4.78 is 1.63. The van der Waals surface area contributed by atoms with Crippen LogP contribution in [0.2, 0.25) is 5.15 Å². The largest absolute Gasteiger partial charge is 0.393 e. The molecule has 0 radical (unpaired) electrons. The van der Waals surface area contributed by atoms with Crippen LogP contribution in [0.25, 0.3) is 0 Å². The monoisotopic (exact) mass is 202 g/mol. The van der Waals surface area contributed by atoms with E-state index in [0.717, 1.165) is 12.1 Å². The first kappa shape index (κ1) is 10.5. The van der Waals surface area contributed by atoms with E-state index in [-0.39, 0.29) is 12.0 Å². The lowest BCUT2D eigenvalue weighted by molar-refractivity contribution is 0.134. The van der Waals surface area contributed by atoms with Gasteiger partial charge in [0.05, 0.1) is 11.8 Å². The van der Waals surface area contributed by atoms with Crippen molar-refractivity contribution in [2.24, 2.45) is 13.0 Å². The van der Waals surface area contributed by atoms with Gasteiger partial charge in [0.2, 0.25) is 0 Å². The van der Waals surface area contributed by atoms with Crippen LogP contribution in [0, 0.1) is 5.92 Å². The topological polar surface area (TPSA) is 38.0 Å². The quantitative estimate of drug-likeness (QED) is 0.809. The van der Waals surface area contributed by atoms with E-state index in [2.05, 4.69) is 5.10 Å². The van der Waals surface area contributed by atoms with Crippen molar-refractivity contribution in [3.63, 3.8) is 0 Å². The highest BCUT2D eigenvalue weighted by Gasteiger charge is 2.12. The molecular weight excluding hydrogens is 188 g/mol. The molecule has 0 saturated carbocycles. The molecule has 2 unspecified atom stereocenters. The highest BCUT2D eigenvalue weighted by Crippen LogP contribution is 2.14. The van der Waals surface area contributed by atoms with Crippen LogP contribution in [0.5, 0.6) is 0 Å². The van der Waals surface area contributed by atoms with Gasteiger partial charge in [-0.15, -0.1) is 0 Å². The minimum Gasteiger partial charge on any atom is -0.393 e. The molecule has 1 heterocycles. The van der Waals surface area contributed by atoms with Gasteiger partial charge < -0.3 is 5.11 Å². The summed E-state index contributed by atoms with van der Waals surface area (Å²) in [7, 11) is 1.80. The Balaban J connectivity index is 2.64. The summed E-state index contributed by atoms with van der Waals surface area (Å²) in [6.07, 6.45) is 0.457. The highest BCUT2D eigenvalue weighted by atomic mass is 35.5. The first-order valence-electron chi connectivity index (χ1n) is 4.37. The third-order valence-electron chi connectivity index (χ3n) is 2.23. The van der Waals surface area contributed by atoms with Gasteiger partial charge in [0.1, 0.15) is 5.15 Å². The molecule has 1 rings (SSSR count).